The van der Waals surface area contributed by atoms with Crippen molar-refractivity contribution < 1.29 is 4.74 Å². The summed E-state index contributed by atoms with van der Waals surface area (Å²) in [5.41, 5.74) is 5.91. The minimum atomic E-state index is 0.216. The van der Waals surface area contributed by atoms with E-state index in [9.17, 15) is 0 Å². The molecule has 1 unspecified atom stereocenters. The van der Waals surface area contributed by atoms with Crippen LogP contribution in [0, 0.1) is 0 Å². The van der Waals surface area contributed by atoms with Gasteiger partial charge in [0.15, 0.2) is 0 Å². The van der Waals surface area contributed by atoms with Crippen LogP contribution in [0.4, 0.5) is 0 Å². The van der Waals surface area contributed by atoms with Crippen LogP contribution in [0.5, 0.6) is 0 Å². The maximum Gasteiger partial charge on any atom is 0.110 e. The van der Waals surface area contributed by atoms with Crippen LogP contribution < -0.4 is 5.73 Å². The molecule has 0 fully saturated rings. The van der Waals surface area contributed by atoms with Crippen molar-refractivity contribution in [3.8, 4) is 0 Å². The predicted molar refractivity (Wildman–Crippen MR) is 60.7 cm³/mol. The molecule has 1 aromatic heterocycles. The van der Waals surface area contributed by atoms with Gasteiger partial charge in [-0.3, -0.25) is 0 Å². The minimum absolute atomic E-state index is 0.216. The third-order valence-electron chi connectivity index (χ3n) is 2.52. The molecule has 1 aromatic rings. The third kappa shape index (κ3) is 4.01. The zero-order chi connectivity index (χ0) is 11.1. The molecule has 0 aromatic carbocycles. The van der Waals surface area contributed by atoms with Gasteiger partial charge in [-0.25, -0.2) is 4.98 Å². The standard InChI is InChI=1S/C11H21N3O/c1-3-10(12)9-11-13-5-7-14(11)6-4-8-15-2/h5,7,10H,3-4,6,8-9,12H2,1-2H3. The minimum Gasteiger partial charge on any atom is -0.385 e. The van der Waals surface area contributed by atoms with Crippen molar-refractivity contribution in [1.29, 1.82) is 0 Å². The lowest BCUT2D eigenvalue weighted by Crippen LogP contribution is -2.23. The molecule has 0 spiro atoms. The number of rotatable bonds is 7. The monoisotopic (exact) mass is 211 g/mol. The van der Waals surface area contributed by atoms with E-state index in [1.165, 1.54) is 0 Å². The van der Waals surface area contributed by atoms with Gasteiger partial charge in [0.25, 0.3) is 0 Å². The second-order valence-corrected chi connectivity index (χ2v) is 3.76. The molecule has 0 saturated carbocycles. The average Bonchev–Trinajstić information content (AvgIpc) is 2.66. The molecule has 86 valence electrons. The summed E-state index contributed by atoms with van der Waals surface area (Å²) in [6, 6.07) is 0.216. The highest BCUT2D eigenvalue weighted by molar-refractivity contribution is 4.94. The molecular weight excluding hydrogens is 190 g/mol. The largest absolute Gasteiger partial charge is 0.385 e. The highest BCUT2D eigenvalue weighted by Gasteiger charge is 2.06. The summed E-state index contributed by atoms with van der Waals surface area (Å²) in [6.07, 6.45) is 6.71. The van der Waals surface area contributed by atoms with Gasteiger partial charge < -0.3 is 15.0 Å². The van der Waals surface area contributed by atoms with Gasteiger partial charge in [0.05, 0.1) is 0 Å². The molecule has 4 nitrogen and oxygen atoms in total. The van der Waals surface area contributed by atoms with Gasteiger partial charge in [0, 0.05) is 45.1 Å². The summed E-state index contributed by atoms with van der Waals surface area (Å²) in [5, 5.41) is 0. The molecule has 0 aliphatic carbocycles. The SMILES string of the molecule is CCC(N)Cc1nccn1CCCOC. The number of aryl methyl sites for hydroxylation is 1. The number of hydrogen-bond donors (Lipinski definition) is 1. The predicted octanol–water partition coefficient (Wildman–Crippen LogP) is 1.20. The van der Waals surface area contributed by atoms with Crippen molar-refractivity contribution >= 4 is 0 Å². The van der Waals surface area contributed by atoms with Crippen LogP contribution in [0.2, 0.25) is 0 Å². The Kier molecular flexibility index (Phi) is 5.36. The van der Waals surface area contributed by atoms with Gasteiger partial charge in [0.1, 0.15) is 5.82 Å². The lowest BCUT2D eigenvalue weighted by atomic mass is 10.1. The third-order valence-corrected chi connectivity index (χ3v) is 2.52. The molecule has 15 heavy (non-hydrogen) atoms. The van der Waals surface area contributed by atoms with Crippen LogP contribution in [0.25, 0.3) is 0 Å². The maximum atomic E-state index is 5.91. The Morgan fingerprint density at radius 3 is 3.07 bits per heavy atom. The Balaban J connectivity index is 2.45. The van der Waals surface area contributed by atoms with Crippen molar-refractivity contribution in [1.82, 2.24) is 9.55 Å². The highest BCUT2D eigenvalue weighted by Crippen LogP contribution is 2.04. The van der Waals surface area contributed by atoms with Gasteiger partial charge in [-0.2, -0.15) is 0 Å². The lowest BCUT2D eigenvalue weighted by Gasteiger charge is -2.11. The van der Waals surface area contributed by atoms with Crippen LogP contribution in [0.1, 0.15) is 25.6 Å². The molecule has 2 N–H and O–H groups in total. The van der Waals surface area contributed by atoms with E-state index in [0.717, 1.165) is 38.2 Å². The maximum absolute atomic E-state index is 5.91. The smallest absolute Gasteiger partial charge is 0.110 e. The first-order valence-corrected chi connectivity index (χ1v) is 5.52. The Bertz CT molecular complexity index is 273. The Morgan fingerprint density at radius 1 is 1.60 bits per heavy atom. The number of nitrogens with two attached hydrogens (primary N) is 1. The fraction of sp³-hybridized carbons (Fsp3) is 0.727. The molecular formula is C11H21N3O. The van der Waals surface area contributed by atoms with E-state index in [1.807, 2.05) is 12.4 Å². The summed E-state index contributed by atoms with van der Waals surface area (Å²) < 4.78 is 7.19. The number of nitrogens with zero attached hydrogens (tertiary/aromatic N) is 2. The molecule has 0 saturated heterocycles. The first kappa shape index (κ1) is 12.2. The van der Waals surface area contributed by atoms with Crippen molar-refractivity contribution in [3.63, 3.8) is 0 Å². The topological polar surface area (TPSA) is 53.1 Å². The number of hydrogen-bond acceptors (Lipinski definition) is 3. The fourth-order valence-electron chi connectivity index (χ4n) is 1.49. The quantitative estimate of drug-likeness (QED) is 0.689. The van der Waals surface area contributed by atoms with Crippen molar-refractivity contribution in [2.75, 3.05) is 13.7 Å². The van der Waals surface area contributed by atoms with Gasteiger partial charge >= 0.3 is 0 Å². The number of methoxy groups -OCH3 is 1. The zero-order valence-corrected chi connectivity index (χ0v) is 9.65. The molecule has 1 atom stereocenters. The Hall–Kier alpha value is -0.870. The summed E-state index contributed by atoms with van der Waals surface area (Å²) in [4.78, 5) is 4.33. The molecule has 4 heteroatoms. The Labute approximate surface area is 91.4 Å². The van der Waals surface area contributed by atoms with Crippen LogP contribution in [0.3, 0.4) is 0 Å². The van der Waals surface area contributed by atoms with E-state index in [4.69, 9.17) is 10.5 Å². The zero-order valence-electron chi connectivity index (χ0n) is 9.65. The van der Waals surface area contributed by atoms with E-state index >= 15 is 0 Å². The molecule has 1 heterocycles. The molecule has 0 bridgehead atoms. The fourth-order valence-corrected chi connectivity index (χ4v) is 1.49. The highest BCUT2D eigenvalue weighted by atomic mass is 16.5. The van der Waals surface area contributed by atoms with Crippen molar-refractivity contribution in [2.24, 2.45) is 5.73 Å². The van der Waals surface area contributed by atoms with Crippen LogP contribution in [-0.4, -0.2) is 29.3 Å². The second-order valence-electron chi connectivity index (χ2n) is 3.76. The molecule has 1 rings (SSSR count). The summed E-state index contributed by atoms with van der Waals surface area (Å²) >= 11 is 0. The molecule has 0 aliphatic heterocycles. The average molecular weight is 211 g/mol. The van der Waals surface area contributed by atoms with Gasteiger partial charge in [-0.05, 0) is 12.8 Å². The molecule has 0 aliphatic rings. The van der Waals surface area contributed by atoms with Crippen molar-refractivity contribution in [3.05, 3.63) is 18.2 Å². The van der Waals surface area contributed by atoms with Crippen LogP contribution in [0.15, 0.2) is 12.4 Å². The molecule has 0 amide bonds. The van der Waals surface area contributed by atoms with E-state index in [2.05, 4.69) is 16.5 Å². The van der Waals surface area contributed by atoms with Gasteiger partial charge in [-0.15, -0.1) is 0 Å². The Morgan fingerprint density at radius 2 is 2.40 bits per heavy atom. The summed E-state index contributed by atoms with van der Waals surface area (Å²) in [7, 11) is 1.72. The van der Waals surface area contributed by atoms with E-state index in [1.54, 1.807) is 7.11 Å². The first-order valence-electron chi connectivity index (χ1n) is 5.52. The summed E-state index contributed by atoms with van der Waals surface area (Å²) in [5.74, 6) is 1.08. The summed E-state index contributed by atoms with van der Waals surface area (Å²) in [6.45, 7) is 3.85. The van der Waals surface area contributed by atoms with Gasteiger partial charge in [-0.1, -0.05) is 6.92 Å². The van der Waals surface area contributed by atoms with E-state index in [-0.39, 0.29) is 6.04 Å². The van der Waals surface area contributed by atoms with Crippen molar-refractivity contribution in [2.45, 2.75) is 38.8 Å². The lowest BCUT2D eigenvalue weighted by molar-refractivity contribution is 0.190. The number of aromatic nitrogens is 2. The van der Waals surface area contributed by atoms with E-state index < -0.39 is 0 Å². The van der Waals surface area contributed by atoms with Gasteiger partial charge in [0.2, 0.25) is 0 Å². The van der Waals surface area contributed by atoms with Crippen LogP contribution >= 0.6 is 0 Å². The van der Waals surface area contributed by atoms with Crippen LogP contribution in [-0.2, 0) is 17.7 Å². The number of ether oxygens (including phenoxy) is 1. The molecule has 0 radical (unpaired) electrons. The number of imidazole rings is 1. The second kappa shape index (κ2) is 6.58. The van der Waals surface area contributed by atoms with E-state index in [0.29, 0.717) is 0 Å². The normalized spacial score (nSPS) is 13.0. The first-order chi connectivity index (χ1) is 7.27.